The van der Waals surface area contributed by atoms with Gasteiger partial charge in [0.1, 0.15) is 0 Å². The minimum atomic E-state index is 0.575. The highest BCUT2D eigenvalue weighted by Crippen LogP contribution is 2.39. The Bertz CT molecular complexity index is 271. The van der Waals surface area contributed by atoms with Gasteiger partial charge in [0.25, 0.3) is 0 Å². The summed E-state index contributed by atoms with van der Waals surface area (Å²) in [5.41, 5.74) is 0.575. The van der Waals surface area contributed by atoms with Crippen LogP contribution < -0.4 is 5.32 Å². The first-order valence-corrected chi connectivity index (χ1v) is 8.13. The standard InChI is InChI=1S/C17H33N/c1-12-6-7-15(10-13(12)2)18-16-8-9-17(4,5)11-14(16)3/h12-16,18H,6-11H2,1-5H3. The summed E-state index contributed by atoms with van der Waals surface area (Å²) >= 11 is 0. The third-order valence-corrected chi connectivity index (χ3v) is 5.74. The van der Waals surface area contributed by atoms with Crippen LogP contribution >= 0.6 is 0 Å². The molecule has 2 aliphatic rings. The zero-order chi connectivity index (χ0) is 13.3. The van der Waals surface area contributed by atoms with Crippen LogP contribution in [0.2, 0.25) is 0 Å². The van der Waals surface area contributed by atoms with Gasteiger partial charge in [-0.05, 0) is 61.7 Å². The van der Waals surface area contributed by atoms with Crippen LogP contribution in [0.15, 0.2) is 0 Å². The van der Waals surface area contributed by atoms with E-state index in [-0.39, 0.29) is 0 Å². The lowest BCUT2D eigenvalue weighted by Crippen LogP contribution is -2.48. The minimum Gasteiger partial charge on any atom is -0.311 e. The van der Waals surface area contributed by atoms with Gasteiger partial charge >= 0.3 is 0 Å². The molecule has 0 amide bonds. The van der Waals surface area contributed by atoms with Crippen molar-refractivity contribution in [1.82, 2.24) is 5.32 Å². The summed E-state index contributed by atoms with van der Waals surface area (Å²) < 4.78 is 0. The predicted molar refractivity (Wildman–Crippen MR) is 79.7 cm³/mol. The Labute approximate surface area is 114 Å². The summed E-state index contributed by atoms with van der Waals surface area (Å²) in [6, 6.07) is 1.58. The molecule has 0 saturated heterocycles. The van der Waals surface area contributed by atoms with E-state index >= 15 is 0 Å². The number of hydrogen-bond acceptors (Lipinski definition) is 1. The third-order valence-electron chi connectivity index (χ3n) is 5.74. The number of hydrogen-bond donors (Lipinski definition) is 1. The van der Waals surface area contributed by atoms with Crippen molar-refractivity contribution in [3.63, 3.8) is 0 Å². The molecular weight excluding hydrogens is 218 g/mol. The smallest absolute Gasteiger partial charge is 0.00956 e. The lowest BCUT2D eigenvalue weighted by atomic mass is 9.70. The SMILES string of the molecule is CC1CCC(NC2CCC(C)(C)CC2C)CC1C. The maximum absolute atomic E-state index is 4.00. The van der Waals surface area contributed by atoms with Crippen LogP contribution in [0.3, 0.4) is 0 Å². The summed E-state index contributed by atoms with van der Waals surface area (Å²) in [4.78, 5) is 0. The molecule has 2 rings (SSSR count). The van der Waals surface area contributed by atoms with Crippen molar-refractivity contribution in [3.8, 4) is 0 Å². The van der Waals surface area contributed by atoms with Crippen molar-refractivity contribution in [2.75, 3.05) is 0 Å². The van der Waals surface area contributed by atoms with Crippen molar-refractivity contribution >= 4 is 0 Å². The van der Waals surface area contributed by atoms with Gasteiger partial charge in [-0.15, -0.1) is 0 Å². The quantitative estimate of drug-likeness (QED) is 0.755. The van der Waals surface area contributed by atoms with E-state index in [1.165, 1.54) is 38.5 Å². The molecule has 106 valence electrons. The summed E-state index contributed by atoms with van der Waals surface area (Å²) in [7, 11) is 0. The minimum absolute atomic E-state index is 0.575. The molecule has 0 aliphatic heterocycles. The molecule has 0 bridgehead atoms. The largest absolute Gasteiger partial charge is 0.311 e. The highest BCUT2D eigenvalue weighted by atomic mass is 15.0. The fourth-order valence-corrected chi connectivity index (χ4v) is 4.20. The summed E-state index contributed by atoms with van der Waals surface area (Å²) in [6.07, 6.45) is 8.39. The van der Waals surface area contributed by atoms with Crippen molar-refractivity contribution in [1.29, 1.82) is 0 Å². The molecule has 0 aromatic carbocycles. The van der Waals surface area contributed by atoms with E-state index in [0.29, 0.717) is 5.41 Å². The molecule has 0 spiro atoms. The van der Waals surface area contributed by atoms with Gasteiger partial charge in [0.2, 0.25) is 0 Å². The first-order chi connectivity index (χ1) is 8.37. The second-order valence-corrected chi connectivity index (χ2v) is 8.12. The Morgan fingerprint density at radius 2 is 1.61 bits per heavy atom. The van der Waals surface area contributed by atoms with Gasteiger partial charge in [-0.3, -0.25) is 0 Å². The van der Waals surface area contributed by atoms with E-state index in [2.05, 4.69) is 39.9 Å². The van der Waals surface area contributed by atoms with Crippen molar-refractivity contribution in [3.05, 3.63) is 0 Å². The van der Waals surface area contributed by atoms with Gasteiger partial charge in [0, 0.05) is 12.1 Å². The lowest BCUT2D eigenvalue weighted by Gasteiger charge is -2.43. The van der Waals surface area contributed by atoms with Crippen LogP contribution in [-0.2, 0) is 0 Å². The van der Waals surface area contributed by atoms with Crippen LogP contribution in [0.5, 0.6) is 0 Å². The fraction of sp³-hybridized carbons (Fsp3) is 1.00. The van der Waals surface area contributed by atoms with Crippen LogP contribution in [0, 0.1) is 23.2 Å². The lowest BCUT2D eigenvalue weighted by molar-refractivity contribution is 0.124. The highest BCUT2D eigenvalue weighted by molar-refractivity contribution is 4.90. The first kappa shape index (κ1) is 14.4. The molecule has 2 fully saturated rings. The Hall–Kier alpha value is -0.0400. The molecule has 2 aliphatic carbocycles. The second-order valence-electron chi connectivity index (χ2n) is 8.12. The topological polar surface area (TPSA) is 12.0 Å². The average Bonchev–Trinajstić information content (AvgIpc) is 2.27. The van der Waals surface area contributed by atoms with Crippen molar-refractivity contribution < 1.29 is 0 Å². The van der Waals surface area contributed by atoms with Gasteiger partial charge in [0.05, 0.1) is 0 Å². The summed E-state index contributed by atoms with van der Waals surface area (Å²) in [5.74, 6) is 2.70. The fourth-order valence-electron chi connectivity index (χ4n) is 4.20. The molecule has 2 saturated carbocycles. The molecule has 0 heterocycles. The van der Waals surface area contributed by atoms with E-state index in [0.717, 1.165) is 29.8 Å². The van der Waals surface area contributed by atoms with Gasteiger partial charge in [0.15, 0.2) is 0 Å². The molecule has 1 nitrogen and oxygen atoms in total. The first-order valence-electron chi connectivity index (χ1n) is 8.13. The molecule has 1 heteroatoms. The van der Waals surface area contributed by atoms with Gasteiger partial charge in [-0.2, -0.15) is 0 Å². The Kier molecular flexibility index (Phi) is 4.41. The zero-order valence-corrected chi connectivity index (χ0v) is 13.1. The third kappa shape index (κ3) is 3.50. The number of rotatable bonds is 2. The van der Waals surface area contributed by atoms with Gasteiger partial charge in [-0.1, -0.05) is 34.6 Å². The monoisotopic (exact) mass is 251 g/mol. The predicted octanol–water partition coefficient (Wildman–Crippen LogP) is 4.62. The van der Waals surface area contributed by atoms with Crippen molar-refractivity contribution in [2.45, 2.75) is 85.2 Å². The molecule has 0 radical (unpaired) electrons. The molecule has 1 N–H and O–H groups in total. The maximum Gasteiger partial charge on any atom is 0.00956 e. The van der Waals surface area contributed by atoms with Gasteiger partial charge < -0.3 is 5.32 Å². The molecule has 0 aromatic rings. The van der Waals surface area contributed by atoms with E-state index in [4.69, 9.17) is 0 Å². The Morgan fingerprint density at radius 3 is 2.22 bits per heavy atom. The molecule has 5 unspecified atom stereocenters. The number of nitrogens with one attached hydrogen (secondary N) is 1. The summed E-state index contributed by atoms with van der Waals surface area (Å²) in [6.45, 7) is 12.2. The van der Waals surface area contributed by atoms with E-state index in [1.807, 2.05) is 0 Å². The Morgan fingerprint density at radius 1 is 0.889 bits per heavy atom. The van der Waals surface area contributed by atoms with Crippen LogP contribution in [0.25, 0.3) is 0 Å². The van der Waals surface area contributed by atoms with E-state index in [1.54, 1.807) is 0 Å². The maximum atomic E-state index is 4.00. The molecule has 18 heavy (non-hydrogen) atoms. The van der Waals surface area contributed by atoms with Gasteiger partial charge in [-0.25, -0.2) is 0 Å². The molecular formula is C17H33N. The van der Waals surface area contributed by atoms with E-state index < -0.39 is 0 Å². The van der Waals surface area contributed by atoms with E-state index in [9.17, 15) is 0 Å². The van der Waals surface area contributed by atoms with Crippen molar-refractivity contribution in [2.24, 2.45) is 23.2 Å². The summed E-state index contributed by atoms with van der Waals surface area (Å²) in [5, 5.41) is 4.00. The Balaban J connectivity index is 1.83. The molecule has 5 atom stereocenters. The normalized spacial score (nSPS) is 44.8. The van der Waals surface area contributed by atoms with Crippen LogP contribution in [-0.4, -0.2) is 12.1 Å². The average molecular weight is 251 g/mol. The van der Waals surface area contributed by atoms with Crippen LogP contribution in [0.1, 0.15) is 73.1 Å². The zero-order valence-electron chi connectivity index (χ0n) is 13.1. The second kappa shape index (κ2) is 5.53. The molecule has 0 aromatic heterocycles. The highest BCUT2D eigenvalue weighted by Gasteiger charge is 2.34. The van der Waals surface area contributed by atoms with Crippen LogP contribution in [0.4, 0.5) is 0 Å².